The van der Waals surface area contributed by atoms with Crippen molar-refractivity contribution in [2.75, 3.05) is 6.61 Å². The number of carboxylic acids is 1. The van der Waals surface area contributed by atoms with Gasteiger partial charge in [0.2, 0.25) is 5.91 Å². The number of aliphatic carboxylic acids is 1. The Hall–Kier alpha value is -2.09. The number of benzene rings is 1. The topological polar surface area (TPSA) is 86.6 Å². The summed E-state index contributed by atoms with van der Waals surface area (Å²) in [4.78, 5) is 22.0. The van der Waals surface area contributed by atoms with Crippen molar-refractivity contribution in [3.05, 3.63) is 35.4 Å². The molecule has 0 heterocycles. The van der Waals surface area contributed by atoms with Gasteiger partial charge in [0.05, 0.1) is 18.6 Å². The molecule has 1 aromatic rings. The van der Waals surface area contributed by atoms with Crippen LogP contribution in [0.4, 0.5) is 13.2 Å². The number of carboxylic acid groups (broad SMARTS) is 1. The Bertz CT molecular complexity index is 484. The summed E-state index contributed by atoms with van der Waals surface area (Å²) in [7, 11) is 0. The van der Waals surface area contributed by atoms with Gasteiger partial charge in [-0.2, -0.15) is 13.2 Å². The molecule has 0 unspecified atom stereocenters. The Kier molecular flexibility index (Phi) is 5.09. The van der Waals surface area contributed by atoms with Gasteiger partial charge in [0, 0.05) is 0 Å². The van der Waals surface area contributed by atoms with Crippen LogP contribution in [0.3, 0.4) is 0 Å². The van der Waals surface area contributed by atoms with Crippen LogP contribution in [0.1, 0.15) is 11.1 Å². The van der Waals surface area contributed by atoms with E-state index in [9.17, 15) is 22.8 Å². The van der Waals surface area contributed by atoms with Gasteiger partial charge in [0.15, 0.2) is 0 Å². The maximum Gasteiger partial charge on any atom is 0.416 e. The average molecular weight is 291 g/mol. The van der Waals surface area contributed by atoms with E-state index in [2.05, 4.69) is 0 Å². The van der Waals surface area contributed by atoms with Gasteiger partial charge in [-0.3, -0.25) is 4.79 Å². The van der Waals surface area contributed by atoms with Crippen molar-refractivity contribution in [2.24, 2.45) is 0 Å². The lowest BCUT2D eigenvalue weighted by atomic mass is 10.1. The highest BCUT2D eigenvalue weighted by Crippen LogP contribution is 2.29. The molecule has 0 radical (unpaired) electrons. The second-order valence-electron chi connectivity index (χ2n) is 4.01. The van der Waals surface area contributed by atoms with Crippen molar-refractivity contribution in [1.29, 1.82) is 0 Å². The van der Waals surface area contributed by atoms with Crippen LogP contribution < -0.4 is 5.32 Å². The molecule has 1 atom stereocenters. The van der Waals surface area contributed by atoms with Gasteiger partial charge in [-0.15, -0.1) is 0 Å². The van der Waals surface area contributed by atoms with Crippen LogP contribution in [0.5, 0.6) is 0 Å². The molecule has 0 saturated heterocycles. The van der Waals surface area contributed by atoms with E-state index in [4.69, 9.17) is 10.2 Å². The van der Waals surface area contributed by atoms with Crippen LogP contribution >= 0.6 is 0 Å². The van der Waals surface area contributed by atoms with Crippen LogP contribution in [0.15, 0.2) is 24.3 Å². The summed E-state index contributed by atoms with van der Waals surface area (Å²) in [5, 5.41) is 19.4. The Morgan fingerprint density at radius 2 is 1.75 bits per heavy atom. The Morgan fingerprint density at radius 1 is 1.20 bits per heavy atom. The summed E-state index contributed by atoms with van der Waals surface area (Å²) < 4.78 is 36.9. The van der Waals surface area contributed by atoms with Gasteiger partial charge >= 0.3 is 12.1 Å². The quantitative estimate of drug-likeness (QED) is 0.749. The largest absolute Gasteiger partial charge is 0.480 e. The number of aliphatic hydroxyl groups excluding tert-OH is 1. The van der Waals surface area contributed by atoms with Crippen molar-refractivity contribution < 1.29 is 33.0 Å². The molecule has 0 bridgehead atoms. The molecule has 8 heteroatoms. The van der Waals surface area contributed by atoms with Crippen molar-refractivity contribution >= 4 is 11.9 Å². The standard InChI is InChI=1S/C12H12F3NO4/c13-12(14,15)8-3-1-7(2-4-8)5-10(18)16-9(6-17)11(19)20/h1-4,9,17H,5-6H2,(H,16,18)(H,19,20)/t9-/m0/s1. The zero-order valence-corrected chi connectivity index (χ0v) is 10.1. The number of nitrogens with one attached hydrogen (secondary N) is 1. The molecule has 5 nitrogen and oxygen atoms in total. The van der Waals surface area contributed by atoms with Crippen LogP contribution in [0, 0.1) is 0 Å². The minimum atomic E-state index is -4.45. The molecule has 0 aliphatic rings. The first-order chi connectivity index (χ1) is 9.24. The Labute approximate surface area is 112 Å². The third kappa shape index (κ3) is 4.54. The minimum absolute atomic E-state index is 0.276. The van der Waals surface area contributed by atoms with E-state index in [1.807, 2.05) is 5.32 Å². The summed E-state index contributed by atoms with van der Waals surface area (Å²) in [6.45, 7) is -0.770. The van der Waals surface area contributed by atoms with Gasteiger partial charge in [0.25, 0.3) is 0 Å². The number of halogens is 3. The maximum absolute atomic E-state index is 12.3. The number of carbonyl (C=O) groups excluding carboxylic acids is 1. The van der Waals surface area contributed by atoms with Crippen molar-refractivity contribution in [1.82, 2.24) is 5.32 Å². The minimum Gasteiger partial charge on any atom is -0.480 e. The van der Waals surface area contributed by atoms with E-state index < -0.39 is 36.3 Å². The predicted octanol–water partition coefficient (Wildman–Crippen LogP) is 0.810. The molecule has 0 aromatic heterocycles. The lowest BCUT2D eigenvalue weighted by molar-refractivity contribution is -0.142. The van der Waals surface area contributed by atoms with E-state index in [0.717, 1.165) is 24.3 Å². The fourth-order valence-corrected chi connectivity index (χ4v) is 1.43. The molecule has 1 aromatic carbocycles. The van der Waals surface area contributed by atoms with E-state index in [0.29, 0.717) is 5.56 Å². The summed E-state index contributed by atoms with van der Waals surface area (Å²) in [5.41, 5.74) is -0.530. The number of alkyl halides is 3. The molecule has 3 N–H and O–H groups in total. The lowest BCUT2D eigenvalue weighted by Crippen LogP contribution is -2.43. The van der Waals surface area contributed by atoms with Crippen LogP contribution in [0.2, 0.25) is 0 Å². The molecular weight excluding hydrogens is 279 g/mol. The zero-order valence-electron chi connectivity index (χ0n) is 10.1. The molecule has 0 saturated carbocycles. The number of hydrogen-bond acceptors (Lipinski definition) is 3. The zero-order chi connectivity index (χ0) is 15.3. The molecular formula is C12H12F3NO4. The average Bonchev–Trinajstić information content (AvgIpc) is 2.35. The van der Waals surface area contributed by atoms with Gasteiger partial charge in [-0.25, -0.2) is 4.79 Å². The van der Waals surface area contributed by atoms with Gasteiger partial charge in [-0.05, 0) is 17.7 Å². The van der Waals surface area contributed by atoms with E-state index in [1.54, 1.807) is 0 Å². The molecule has 1 rings (SSSR count). The Balaban J connectivity index is 2.65. The fourth-order valence-electron chi connectivity index (χ4n) is 1.43. The number of hydrogen-bond donors (Lipinski definition) is 3. The third-order valence-corrected chi connectivity index (χ3v) is 2.46. The summed E-state index contributed by atoms with van der Waals surface area (Å²) in [5.74, 6) is -2.10. The number of carbonyl (C=O) groups is 2. The SMILES string of the molecule is O=C(Cc1ccc(C(F)(F)F)cc1)N[C@@H](CO)C(=O)O. The number of amides is 1. The second kappa shape index (κ2) is 6.38. The van der Waals surface area contributed by atoms with Gasteiger partial charge in [-0.1, -0.05) is 12.1 Å². The maximum atomic E-state index is 12.3. The van der Waals surface area contributed by atoms with Crippen LogP contribution in [-0.4, -0.2) is 34.7 Å². The third-order valence-electron chi connectivity index (χ3n) is 2.46. The Morgan fingerprint density at radius 3 is 2.15 bits per heavy atom. The van der Waals surface area contributed by atoms with E-state index >= 15 is 0 Å². The highest BCUT2D eigenvalue weighted by molar-refractivity contribution is 5.84. The molecule has 0 spiro atoms. The first-order valence-electron chi connectivity index (χ1n) is 5.53. The molecule has 110 valence electrons. The fraction of sp³-hybridized carbons (Fsp3) is 0.333. The first kappa shape index (κ1) is 16.0. The smallest absolute Gasteiger partial charge is 0.416 e. The highest BCUT2D eigenvalue weighted by Gasteiger charge is 2.30. The monoisotopic (exact) mass is 291 g/mol. The normalized spacial score (nSPS) is 12.8. The van der Waals surface area contributed by atoms with Crippen LogP contribution in [0.25, 0.3) is 0 Å². The highest BCUT2D eigenvalue weighted by atomic mass is 19.4. The number of rotatable bonds is 5. The van der Waals surface area contributed by atoms with E-state index in [1.165, 1.54) is 0 Å². The van der Waals surface area contributed by atoms with E-state index in [-0.39, 0.29) is 6.42 Å². The summed E-state index contributed by atoms with van der Waals surface area (Å²) >= 11 is 0. The molecule has 20 heavy (non-hydrogen) atoms. The molecule has 0 aliphatic carbocycles. The molecule has 0 aliphatic heterocycles. The van der Waals surface area contributed by atoms with Crippen molar-refractivity contribution in [3.8, 4) is 0 Å². The first-order valence-corrected chi connectivity index (χ1v) is 5.53. The van der Waals surface area contributed by atoms with Crippen LogP contribution in [-0.2, 0) is 22.2 Å². The number of aliphatic hydroxyl groups is 1. The summed E-state index contributed by atoms with van der Waals surface area (Å²) in [6.07, 6.45) is -4.73. The predicted molar refractivity (Wildman–Crippen MR) is 61.8 cm³/mol. The van der Waals surface area contributed by atoms with Crippen molar-refractivity contribution in [2.45, 2.75) is 18.6 Å². The molecule has 0 fully saturated rings. The lowest BCUT2D eigenvalue weighted by Gasteiger charge is -2.12. The summed E-state index contributed by atoms with van der Waals surface area (Å²) in [6, 6.07) is 2.51. The molecule has 1 amide bonds. The van der Waals surface area contributed by atoms with Gasteiger partial charge in [0.1, 0.15) is 6.04 Å². The van der Waals surface area contributed by atoms with Gasteiger partial charge < -0.3 is 15.5 Å². The second-order valence-corrected chi connectivity index (χ2v) is 4.01. The van der Waals surface area contributed by atoms with Crippen molar-refractivity contribution in [3.63, 3.8) is 0 Å².